The Kier molecular flexibility index (Phi) is 5.86. The molecule has 0 aliphatic rings. The monoisotopic (exact) mass is 249 g/mol. The van der Waals surface area contributed by atoms with E-state index >= 15 is 0 Å². The molecule has 0 heterocycles. The zero-order valence-electron chi connectivity index (χ0n) is 11.5. The molecule has 1 aromatic rings. The van der Waals surface area contributed by atoms with Crippen molar-refractivity contribution in [3.63, 3.8) is 0 Å². The average molecular weight is 249 g/mol. The van der Waals surface area contributed by atoms with Gasteiger partial charge in [0, 0.05) is 13.0 Å². The zero-order chi connectivity index (χ0) is 13.5. The molecule has 0 aliphatic heterocycles. The van der Waals surface area contributed by atoms with E-state index in [0.717, 1.165) is 5.56 Å². The summed E-state index contributed by atoms with van der Waals surface area (Å²) in [5.41, 5.74) is 3.36. The Morgan fingerprint density at radius 2 is 2.06 bits per heavy atom. The molecule has 2 N–H and O–H groups in total. The van der Waals surface area contributed by atoms with Crippen molar-refractivity contribution in [2.75, 3.05) is 6.54 Å². The maximum atomic E-state index is 11.3. The number of hydrogen-bond donors (Lipinski definition) is 2. The smallest absolute Gasteiger partial charge is 0.219 e. The van der Waals surface area contributed by atoms with Crippen molar-refractivity contribution >= 4 is 5.91 Å². The number of aliphatic hydroxyl groups is 1. The van der Waals surface area contributed by atoms with Crippen LogP contribution in [0.1, 0.15) is 49.0 Å². The van der Waals surface area contributed by atoms with Gasteiger partial charge in [-0.3, -0.25) is 4.79 Å². The Morgan fingerprint density at radius 3 is 2.67 bits per heavy atom. The minimum absolute atomic E-state index is 0.0600. The van der Waals surface area contributed by atoms with Crippen molar-refractivity contribution in [1.82, 2.24) is 5.32 Å². The normalized spacial score (nSPS) is 12.2. The van der Waals surface area contributed by atoms with E-state index in [9.17, 15) is 9.90 Å². The average Bonchev–Trinajstić information content (AvgIpc) is 2.33. The van der Waals surface area contributed by atoms with Crippen LogP contribution in [0, 0.1) is 13.8 Å². The van der Waals surface area contributed by atoms with Gasteiger partial charge in [0.25, 0.3) is 0 Å². The predicted molar refractivity (Wildman–Crippen MR) is 73.4 cm³/mol. The molecule has 3 nitrogen and oxygen atoms in total. The van der Waals surface area contributed by atoms with Crippen molar-refractivity contribution in [1.29, 1.82) is 0 Å². The van der Waals surface area contributed by atoms with Gasteiger partial charge in [-0.1, -0.05) is 18.2 Å². The Balaban J connectivity index is 2.43. The maximum absolute atomic E-state index is 11.3. The van der Waals surface area contributed by atoms with Gasteiger partial charge in [-0.2, -0.15) is 0 Å². The van der Waals surface area contributed by atoms with Crippen molar-refractivity contribution in [2.24, 2.45) is 0 Å². The van der Waals surface area contributed by atoms with Crippen molar-refractivity contribution in [3.05, 3.63) is 34.9 Å². The van der Waals surface area contributed by atoms with Crippen LogP contribution in [0.25, 0.3) is 0 Å². The fourth-order valence-electron chi connectivity index (χ4n) is 1.88. The first kappa shape index (κ1) is 14.7. The van der Waals surface area contributed by atoms with Crippen LogP contribution in [0.15, 0.2) is 18.2 Å². The molecule has 1 amide bonds. The lowest BCUT2D eigenvalue weighted by molar-refractivity contribution is -0.121. The summed E-state index contributed by atoms with van der Waals surface area (Å²) in [6.07, 6.45) is 1.34. The lowest BCUT2D eigenvalue weighted by atomic mass is 9.99. The second kappa shape index (κ2) is 7.17. The summed E-state index contributed by atoms with van der Waals surface area (Å²) in [7, 11) is 0. The highest BCUT2D eigenvalue weighted by atomic mass is 16.3. The molecule has 100 valence electrons. The summed E-state index contributed by atoms with van der Waals surface area (Å²) >= 11 is 0. The molecule has 3 heteroatoms. The van der Waals surface area contributed by atoms with E-state index in [1.165, 1.54) is 11.1 Å². The van der Waals surface area contributed by atoms with E-state index in [1.54, 1.807) is 0 Å². The third-order valence-electron chi connectivity index (χ3n) is 3.17. The maximum Gasteiger partial charge on any atom is 0.219 e. The summed E-state index contributed by atoms with van der Waals surface area (Å²) < 4.78 is 0. The minimum Gasteiger partial charge on any atom is -0.388 e. The third kappa shape index (κ3) is 4.49. The van der Waals surface area contributed by atoms with Crippen LogP contribution in [0.2, 0.25) is 0 Å². The molecule has 0 spiro atoms. The largest absolute Gasteiger partial charge is 0.388 e. The standard InChI is InChI=1S/C15H23NO2/c1-4-16-15(18)7-5-6-14(17)13-9-8-11(2)12(3)10-13/h8-10,14,17H,4-7H2,1-3H3,(H,16,18). The van der Waals surface area contributed by atoms with Crippen LogP contribution in [0.4, 0.5) is 0 Å². The molecule has 0 saturated heterocycles. The molecule has 0 aliphatic carbocycles. The Bertz CT molecular complexity index is 401. The molecule has 0 fully saturated rings. The summed E-state index contributed by atoms with van der Waals surface area (Å²) in [6, 6.07) is 6.00. The molecule has 0 saturated carbocycles. The van der Waals surface area contributed by atoms with Gasteiger partial charge in [-0.15, -0.1) is 0 Å². The molecule has 0 aromatic heterocycles. The summed E-state index contributed by atoms with van der Waals surface area (Å²) in [5, 5.41) is 12.8. The topological polar surface area (TPSA) is 49.3 Å². The van der Waals surface area contributed by atoms with Crippen molar-refractivity contribution in [3.8, 4) is 0 Å². The molecule has 1 aromatic carbocycles. The number of carbonyl (C=O) groups is 1. The first-order valence-corrected chi connectivity index (χ1v) is 6.56. The summed E-state index contributed by atoms with van der Waals surface area (Å²) in [5.74, 6) is 0.0600. The van der Waals surface area contributed by atoms with Gasteiger partial charge in [0.15, 0.2) is 0 Å². The van der Waals surface area contributed by atoms with E-state index in [-0.39, 0.29) is 5.91 Å². The quantitative estimate of drug-likeness (QED) is 0.814. The van der Waals surface area contributed by atoms with E-state index in [0.29, 0.717) is 25.8 Å². The SMILES string of the molecule is CCNC(=O)CCCC(O)c1ccc(C)c(C)c1. The Hall–Kier alpha value is -1.35. The first-order valence-electron chi connectivity index (χ1n) is 6.56. The van der Waals surface area contributed by atoms with E-state index in [4.69, 9.17) is 0 Å². The summed E-state index contributed by atoms with van der Waals surface area (Å²) in [4.78, 5) is 11.3. The van der Waals surface area contributed by atoms with Gasteiger partial charge in [0.2, 0.25) is 5.91 Å². The lowest BCUT2D eigenvalue weighted by Crippen LogP contribution is -2.22. The number of carbonyl (C=O) groups excluding carboxylic acids is 1. The fraction of sp³-hybridized carbons (Fsp3) is 0.533. The number of nitrogens with one attached hydrogen (secondary N) is 1. The van der Waals surface area contributed by atoms with E-state index < -0.39 is 6.10 Å². The number of aliphatic hydroxyl groups excluding tert-OH is 1. The van der Waals surface area contributed by atoms with Crippen molar-refractivity contribution in [2.45, 2.75) is 46.1 Å². The highest BCUT2D eigenvalue weighted by Crippen LogP contribution is 2.21. The van der Waals surface area contributed by atoms with Crippen molar-refractivity contribution < 1.29 is 9.90 Å². The van der Waals surface area contributed by atoms with Crippen LogP contribution < -0.4 is 5.32 Å². The van der Waals surface area contributed by atoms with Gasteiger partial charge >= 0.3 is 0 Å². The van der Waals surface area contributed by atoms with Crippen LogP contribution in [0.3, 0.4) is 0 Å². The molecule has 18 heavy (non-hydrogen) atoms. The Labute approximate surface area is 109 Å². The molecule has 1 atom stereocenters. The molecular weight excluding hydrogens is 226 g/mol. The molecule has 0 bridgehead atoms. The second-order valence-electron chi connectivity index (χ2n) is 4.71. The van der Waals surface area contributed by atoms with Gasteiger partial charge in [0.1, 0.15) is 0 Å². The predicted octanol–water partition coefficient (Wildman–Crippen LogP) is 2.64. The zero-order valence-corrected chi connectivity index (χ0v) is 11.5. The van der Waals surface area contributed by atoms with Gasteiger partial charge in [-0.05, 0) is 50.3 Å². The van der Waals surface area contributed by atoms with E-state index in [2.05, 4.69) is 12.2 Å². The van der Waals surface area contributed by atoms with Crippen LogP contribution in [0.5, 0.6) is 0 Å². The van der Waals surface area contributed by atoms with Crippen LogP contribution >= 0.6 is 0 Å². The second-order valence-corrected chi connectivity index (χ2v) is 4.71. The number of aryl methyl sites for hydroxylation is 2. The highest BCUT2D eigenvalue weighted by Gasteiger charge is 2.09. The molecule has 1 rings (SSSR count). The van der Waals surface area contributed by atoms with Crippen LogP contribution in [-0.2, 0) is 4.79 Å². The molecule has 0 radical (unpaired) electrons. The minimum atomic E-state index is -0.473. The molecular formula is C15H23NO2. The highest BCUT2D eigenvalue weighted by molar-refractivity contribution is 5.75. The number of benzene rings is 1. The number of amides is 1. The third-order valence-corrected chi connectivity index (χ3v) is 3.17. The Morgan fingerprint density at radius 1 is 1.33 bits per heavy atom. The van der Waals surface area contributed by atoms with Gasteiger partial charge in [0.05, 0.1) is 6.10 Å². The lowest BCUT2D eigenvalue weighted by Gasteiger charge is -2.12. The first-order chi connectivity index (χ1) is 8.54. The number of rotatable bonds is 6. The summed E-state index contributed by atoms with van der Waals surface area (Å²) in [6.45, 7) is 6.67. The van der Waals surface area contributed by atoms with Gasteiger partial charge in [-0.25, -0.2) is 0 Å². The van der Waals surface area contributed by atoms with Crippen LogP contribution in [-0.4, -0.2) is 17.6 Å². The van der Waals surface area contributed by atoms with Gasteiger partial charge < -0.3 is 10.4 Å². The molecule has 1 unspecified atom stereocenters. The number of hydrogen-bond acceptors (Lipinski definition) is 2. The van der Waals surface area contributed by atoms with E-state index in [1.807, 2.05) is 32.0 Å². The fourth-order valence-corrected chi connectivity index (χ4v) is 1.88.